The summed E-state index contributed by atoms with van der Waals surface area (Å²) in [6, 6.07) is 17.9. The van der Waals surface area contributed by atoms with E-state index in [2.05, 4.69) is 10.4 Å². The highest BCUT2D eigenvalue weighted by Gasteiger charge is 2.18. The maximum Gasteiger partial charge on any atom is 0.269 e. The monoisotopic (exact) mass is 396 g/mol. The molecular formula is C20H20N4O3S. The third-order valence-electron chi connectivity index (χ3n) is 4.06. The van der Waals surface area contributed by atoms with Crippen LogP contribution in [-0.2, 0) is 11.3 Å². The van der Waals surface area contributed by atoms with Gasteiger partial charge in [0.2, 0.25) is 5.91 Å². The second-order valence-electron chi connectivity index (χ2n) is 6.31. The average Bonchev–Trinajstić information content (AvgIpc) is 3.01. The molecule has 0 aliphatic rings. The Balaban J connectivity index is 1.66. The summed E-state index contributed by atoms with van der Waals surface area (Å²) in [6.07, 6.45) is 0. The van der Waals surface area contributed by atoms with Crippen molar-refractivity contribution in [1.29, 1.82) is 0 Å². The molecule has 1 amide bonds. The van der Waals surface area contributed by atoms with Crippen LogP contribution < -0.4 is 5.32 Å². The Morgan fingerprint density at radius 3 is 2.54 bits per heavy atom. The number of carbonyl (C=O) groups is 1. The van der Waals surface area contributed by atoms with Crippen molar-refractivity contribution in [2.45, 2.75) is 30.5 Å². The van der Waals surface area contributed by atoms with Gasteiger partial charge in [-0.15, -0.1) is 11.8 Å². The zero-order valence-electron chi connectivity index (χ0n) is 15.5. The number of thioether (sulfide) groups is 1. The predicted molar refractivity (Wildman–Crippen MR) is 110 cm³/mol. The SMILES string of the molecule is Cc1cc(NC(=O)C(C)Sc2ccc([N+](=O)[O-])cc2)n(Cc2ccccc2)n1. The molecule has 1 N–H and O–H groups in total. The Morgan fingerprint density at radius 1 is 1.21 bits per heavy atom. The van der Waals surface area contributed by atoms with Crippen molar-refractivity contribution >= 4 is 29.2 Å². The van der Waals surface area contributed by atoms with E-state index >= 15 is 0 Å². The van der Waals surface area contributed by atoms with Crippen molar-refractivity contribution < 1.29 is 9.72 Å². The number of amides is 1. The summed E-state index contributed by atoms with van der Waals surface area (Å²) in [5.74, 6) is 0.486. The maximum absolute atomic E-state index is 12.6. The number of nitrogens with zero attached hydrogens (tertiary/aromatic N) is 3. The first-order valence-corrected chi connectivity index (χ1v) is 9.60. The highest BCUT2D eigenvalue weighted by molar-refractivity contribution is 8.00. The fourth-order valence-corrected chi connectivity index (χ4v) is 3.52. The van der Waals surface area contributed by atoms with Crippen LogP contribution in [0.4, 0.5) is 11.5 Å². The van der Waals surface area contributed by atoms with Crippen LogP contribution >= 0.6 is 11.8 Å². The molecule has 1 unspecified atom stereocenters. The van der Waals surface area contributed by atoms with Gasteiger partial charge in [-0.3, -0.25) is 14.9 Å². The number of hydrogen-bond acceptors (Lipinski definition) is 5. The Hall–Kier alpha value is -3.13. The van der Waals surface area contributed by atoms with Gasteiger partial charge in [-0.1, -0.05) is 30.3 Å². The molecule has 7 nitrogen and oxygen atoms in total. The number of benzene rings is 2. The molecule has 0 spiro atoms. The fourth-order valence-electron chi connectivity index (χ4n) is 2.65. The summed E-state index contributed by atoms with van der Waals surface area (Å²) < 4.78 is 1.77. The van der Waals surface area contributed by atoms with Crippen LogP contribution in [0.15, 0.2) is 65.6 Å². The van der Waals surface area contributed by atoms with Crippen LogP contribution in [0.1, 0.15) is 18.2 Å². The van der Waals surface area contributed by atoms with Crippen molar-refractivity contribution in [2.75, 3.05) is 5.32 Å². The molecule has 0 radical (unpaired) electrons. The molecular weight excluding hydrogens is 376 g/mol. The minimum Gasteiger partial charge on any atom is -0.310 e. The molecule has 1 aromatic heterocycles. The summed E-state index contributed by atoms with van der Waals surface area (Å²) in [5, 5.41) is 17.8. The molecule has 3 rings (SSSR count). The van der Waals surface area contributed by atoms with Crippen molar-refractivity contribution in [1.82, 2.24) is 9.78 Å². The van der Waals surface area contributed by atoms with E-state index in [4.69, 9.17) is 0 Å². The lowest BCUT2D eigenvalue weighted by atomic mass is 10.2. The number of non-ortho nitro benzene ring substituents is 1. The largest absolute Gasteiger partial charge is 0.310 e. The molecule has 144 valence electrons. The molecule has 0 bridgehead atoms. The van der Waals surface area contributed by atoms with Crippen molar-refractivity contribution in [2.24, 2.45) is 0 Å². The number of carbonyl (C=O) groups excluding carboxylic acids is 1. The van der Waals surface area contributed by atoms with Crippen molar-refractivity contribution in [3.8, 4) is 0 Å². The zero-order chi connectivity index (χ0) is 20.1. The van der Waals surface area contributed by atoms with Gasteiger partial charge in [-0.2, -0.15) is 5.10 Å². The lowest BCUT2D eigenvalue weighted by molar-refractivity contribution is -0.384. The Kier molecular flexibility index (Phi) is 6.10. The van der Waals surface area contributed by atoms with E-state index in [1.165, 1.54) is 23.9 Å². The normalized spacial score (nSPS) is 11.8. The standard InChI is InChI=1S/C20H20N4O3S/c1-14-12-19(23(22-14)13-16-6-4-3-5-7-16)21-20(25)15(2)28-18-10-8-17(9-11-18)24(26)27/h3-12,15H,13H2,1-2H3,(H,21,25). The quantitative estimate of drug-likeness (QED) is 0.366. The Morgan fingerprint density at radius 2 is 1.89 bits per heavy atom. The molecule has 8 heteroatoms. The van der Waals surface area contributed by atoms with Gasteiger partial charge >= 0.3 is 0 Å². The molecule has 0 fully saturated rings. The minimum absolute atomic E-state index is 0.0294. The van der Waals surface area contributed by atoms with Gasteiger partial charge in [-0.05, 0) is 31.5 Å². The zero-order valence-corrected chi connectivity index (χ0v) is 16.3. The van der Waals surface area contributed by atoms with E-state index in [-0.39, 0.29) is 16.8 Å². The number of anilines is 1. The molecule has 28 heavy (non-hydrogen) atoms. The van der Waals surface area contributed by atoms with E-state index in [0.717, 1.165) is 16.2 Å². The van der Waals surface area contributed by atoms with Crippen LogP contribution in [0.3, 0.4) is 0 Å². The van der Waals surface area contributed by atoms with Crippen molar-refractivity contribution in [3.63, 3.8) is 0 Å². The molecule has 0 saturated carbocycles. The van der Waals surface area contributed by atoms with E-state index in [0.29, 0.717) is 12.4 Å². The first-order valence-electron chi connectivity index (χ1n) is 8.73. The number of aromatic nitrogens is 2. The van der Waals surface area contributed by atoms with Gasteiger partial charge in [0.1, 0.15) is 5.82 Å². The number of nitro benzene ring substituents is 1. The first-order chi connectivity index (χ1) is 13.4. The highest BCUT2D eigenvalue weighted by atomic mass is 32.2. The highest BCUT2D eigenvalue weighted by Crippen LogP contribution is 2.26. The number of nitro groups is 1. The summed E-state index contributed by atoms with van der Waals surface area (Å²) in [4.78, 5) is 23.7. The number of hydrogen-bond donors (Lipinski definition) is 1. The number of aryl methyl sites for hydroxylation is 1. The van der Waals surface area contributed by atoms with E-state index in [9.17, 15) is 14.9 Å². The third-order valence-corrected chi connectivity index (χ3v) is 5.17. The van der Waals surface area contributed by atoms with Gasteiger partial charge in [0, 0.05) is 23.1 Å². The third kappa shape index (κ3) is 4.98. The fraction of sp³-hybridized carbons (Fsp3) is 0.200. The second-order valence-corrected chi connectivity index (χ2v) is 7.73. The Bertz CT molecular complexity index is 971. The molecule has 0 saturated heterocycles. The lowest BCUT2D eigenvalue weighted by Crippen LogP contribution is -2.24. The first kappa shape index (κ1) is 19.6. The summed E-state index contributed by atoms with van der Waals surface area (Å²) in [5.41, 5.74) is 1.94. The van der Waals surface area contributed by atoms with E-state index < -0.39 is 4.92 Å². The van der Waals surface area contributed by atoms with Crippen LogP contribution in [0.2, 0.25) is 0 Å². The second kappa shape index (κ2) is 8.71. The predicted octanol–water partition coefficient (Wildman–Crippen LogP) is 4.27. The number of rotatable bonds is 7. The number of nitrogens with one attached hydrogen (secondary N) is 1. The summed E-state index contributed by atoms with van der Waals surface area (Å²) >= 11 is 1.34. The smallest absolute Gasteiger partial charge is 0.269 e. The van der Waals surface area contributed by atoms with Gasteiger partial charge in [-0.25, -0.2) is 4.68 Å². The topological polar surface area (TPSA) is 90.1 Å². The van der Waals surface area contributed by atoms with Crippen molar-refractivity contribution in [3.05, 3.63) is 82.0 Å². The molecule has 1 heterocycles. The van der Waals surface area contributed by atoms with Crippen LogP contribution in [-0.4, -0.2) is 25.9 Å². The van der Waals surface area contributed by atoms with Gasteiger partial charge in [0.25, 0.3) is 5.69 Å². The molecule has 0 aliphatic heterocycles. The molecule has 0 aliphatic carbocycles. The Labute approximate surface area is 166 Å². The van der Waals surface area contributed by atoms with Crippen LogP contribution in [0, 0.1) is 17.0 Å². The summed E-state index contributed by atoms with van der Waals surface area (Å²) in [7, 11) is 0. The van der Waals surface area contributed by atoms with Crippen LogP contribution in [0.5, 0.6) is 0 Å². The van der Waals surface area contributed by atoms with E-state index in [1.807, 2.05) is 43.3 Å². The van der Waals surface area contributed by atoms with E-state index in [1.54, 1.807) is 23.7 Å². The maximum atomic E-state index is 12.6. The van der Waals surface area contributed by atoms with Crippen LogP contribution in [0.25, 0.3) is 0 Å². The minimum atomic E-state index is -0.444. The average molecular weight is 396 g/mol. The molecule has 1 atom stereocenters. The molecule has 3 aromatic rings. The van der Waals surface area contributed by atoms with Gasteiger partial charge < -0.3 is 5.32 Å². The van der Waals surface area contributed by atoms with Gasteiger partial charge in [0.05, 0.1) is 22.4 Å². The summed E-state index contributed by atoms with van der Waals surface area (Å²) in [6.45, 7) is 4.24. The van der Waals surface area contributed by atoms with Gasteiger partial charge in [0.15, 0.2) is 0 Å². The lowest BCUT2D eigenvalue weighted by Gasteiger charge is -2.13. The molecule has 2 aromatic carbocycles.